The molecule has 3 aromatic rings. The molecule has 146 valence electrons. The van der Waals surface area contributed by atoms with E-state index in [2.05, 4.69) is 32.6 Å². The summed E-state index contributed by atoms with van der Waals surface area (Å²) in [6.07, 6.45) is 0. The highest BCUT2D eigenvalue weighted by Gasteiger charge is 2.16. The molecule has 0 fully saturated rings. The zero-order chi connectivity index (χ0) is 20.1. The summed E-state index contributed by atoms with van der Waals surface area (Å²) in [6.45, 7) is -1.11. The van der Waals surface area contributed by atoms with Gasteiger partial charge in [-0.1, -0.05) is 6.07 Å². The summed E-state index contributed by atoms with van der Waals surface area (Å²) >= 11 is 2.20. The third kappa shape index (κ3) is 5.44. The second-order valence-electron chi connectivity index (χ2n) is 5.84. The van der Waals surface area contributed by atoms with Crippen molar-refractivity contribution < 1.29 is 27.5 Å². The standard InChI is InChI=1S/C20H16F2INO4/c1-12-2-8-16(18(10-12)28-20(21)22)24-19(25)17-9-7-15(27-17)11-26-14-5-3-13(23)4-6-14/h2-10,20H,11H2,1H3,(H,24,25). The van der Waals surface area contributed by atoms with Gasteiger partial charge in [-0.2, -0.15) is 8.78 Å². The van der Waals surface area contributed by atoms with Crippen LogP contribution in [0.25, 0.3) is 0 Å². The van der Waals surface area contributed by atoms with E-state index in [1.165, 1.54) is 18.2 Å². The van der Waals surface area contributed by atoms with Crippen LogP contribution in [0.5, 0.6) is 11.5 Å². The van der Waals surface area contributed by atoms with E-state index in [1.807, 2.05) is 24.3 Å². The summed E-state index contributed by atoms with van der Waals surface area (Å²) in [6, 6.07) is 15.2. The van der Waals surface area contributed by atoms with Crippen LogP contribution in [0, 0.1) is 10.5 Å². The highest BCUT2D eigenvalue weighted by molar-refractivity contribution is 14.1. The minimum atomic E-state index is -2.99. The summed E-state index contributed by atoms with van der Waals surface area (Å²) in [7, 11) is 0. The number of hydrogen-bond acceptors (Lipinski definition) is 4. The Morgan fingerprint density at radius 1 is 1.14 bits per heavy atom. The highest BCUT2D eigenvalue weighted by Crippen LogP contribution is 2.28. The van der Waals surface area contributed by atoms with Gasteiger partial charge in [0.2, 0.25) is 0 Å². The van der Waals surface area contributed by atoms with Crippen LogP contribution in [-0.2, 0) is 6.61 Å². The molecule has 1 aromatic heterocycles. The van der Waals surface area contributed by atoms with Crippen molar-refractivity contribution >= 4 is 34.2 Å². The Morgan fingerprint density at radius 2 is 1.89 bits per heavy atom. The van der Waals surface area contributed by atoms with Crippen molar-refractivity contribution in [1.82, 2.24) is 0 Å². The lowest BCUT2D eigenvalue weighted by Crippen LogP contribution is -2.13. The summed E-state index contributed by atoms with van der Waals surface area (Å²) in [5.74, 6) is 0.471. The molecule has 8 heteroatoms. The molecule has 5 nitrogen and oxygen atoms in total. The molecule has 1 heterocycles. The van der Waals surface area contributed by atoms with E-state index < -0.39 is 12.5 Å². The van der Waals surface area contributed by atoms with Crippen LogP contribution in [0.3, 0.4) is 0 Å². The number of carbonyl (C=O) groups is 1. The summed E-state index contributed by atoms with van der Waals surface area (Å²) in [4.78, 5) is 12.4. The average Bonchev–Trinajstić information content (AvgIpc) is 3.12. The molecule has 0 aliphatic heterocycles. The first-order valence-corrected chi connectivity index (χ1v) is 9.32. The number of alkyl halides is 2. The van der Waals surface area contributed by atoms with Crippen LogP contribution in [0.4, 0.5) is 14.5 Å². The van der Waals surface area contributed by atoms with Gasteiger partial charge in [0.25, 0.3) is 5.91 Å². The van der Waals surface area contributed by atoms with Gasteiger partial charge < -0.3 is 19.2 Å². The third-order valence-corrected chi connectivity index (χ3v) is 4.40. The molecule has 1 amide bonds. The highest BCUT2D eigenvalue weighted by atomic mass is 127. The lowest BCUT2D eigenvalue weighted by Gasteiger charge is -2.12. The van der Waals surface area contributed by atoms with Gasteiger partial charge in [0.05, 0.1) is 5.69 Å². The molecule has 0 saturated carbocycles. The van der Waals surface area contributed by atoms with Crippen LogP contribution >= 0.6 is 22.6 Å². The lowest BCUT2D eigenvalue weighted by molar-refractivity contribution is -0.0494. The predicted octanol–water partition coefficient (Wildman–Crippen LogP) is 5.63. The topological polar surface area (TPSA) is 60.7 Å². The molecule has 1 N–H and O–H groups in total. The lowest BCUT2D eigenvalue weighted by atomic mass is 10.2. The fourth-order valence-electron chi connectivity index (χ4n) is 2.37. The van der Waals surface area contributed by atoms with Crippen molar-refractivity contribution in [3.05, 3.63) is 75.3 Å². The number of furan rings is 1. The van der Waals surface area contributed by atoms with Gasteiger partial charge in [-0.15, -0.1) is 0 Å². The zero-order valence-electron chi connectivity index (χ0n) is 14.7. The van der Waals surface area contributed by atoms with E-state index >= 15 is 0 Å². The van der Waals surface area contributed by atoms with E-state index in [0.29, 0.717) is 11.5 Å². The summed E-state index contributed by atoms with van der Waals surface area (Å²) < 4.78 is 41.8. The quantitative estimate of drug-likeness (QED) is 0.429. The predicted molar refractivity (Wildman–Crippen MR) is 108 cm³/mol. The number of halogens is 3. The number of nitrogens with one attached hydrogen (secondary N) is 1. The molecule has 0 saturated heterocycles. The molecule has 3 rings (SSSR count). The van der Waals surface area contributed by atoms with Gasteiger partial charge in [-0.3, -0.25) is 4.79 Å². The van der Waals surface area contributed by atoms with Crippen LogP contribution in [0.2, 0.25) is 0 Å². The largest absolute Gasteiger partial charge is 0.486 e. The molecule has 0 radical (unpaired) electrons. The Labute approximate surface area is 173 Å². The van der Waals surface area contributed by atoms with E-state index in [0.717, 1.165) is 9.13 Å². The van der Waals surface area contributed by atoms with E-state index in [9.17, 15) is 13.6 Å². The number of rotatable bonds is 7. The molecule has 0 aliphatic carbocycles. The maximum atomic E-state index is 12.6. The normalized spacial score (nSPS) is 10.8. The van der Waals surface area contributed by atoms with Gasteiger partial charge in [0, 0.05) is 3.57 Å². The minimum Gasteiger partial charge on any atom is -0.486 e. The number of ether oxygens (including phenoxy) is 2. The van der Waals surface area contributed by atoms with E-state index in [-0.39, 0.29) is 23.8 Å². The minimum absolute atomic E-state index is 0.0322. The number of hydrogen-bond donors (Lipinski definition) is 1. The van der Waals surface area contributed by atoms with Crippen molar-refractivity contribution in [3.8, 4) is 11.5 Å². The van der Waals surface area contributed by atoms with Crippen LogP contribution in [0.15, 0.2) is 59.0 Å². The van der Waals surface area contributed by atoms with Crippen molar-refractivity contribution in [3.63, 3.8) is 0 Å². The molecule has 0 unspecified atom stereocenters. The smallest absolute Gasteiger partial charge is 0.387 e. The Kier molecular flexibility index (Phi) is 6.50. The van der Waals surface area contributed by atoms with Crippen LogP contribution in [-0.4, -0.2) is 12.5 Å². The fourth-order valence-corrected chi connectivity index (χ4v) is 2.73. The Morgan fingerprint density at radius 3 is 2.61 bits per heavy atom. The molecule has 0 aliphatic rings. The second-order valence-corrected chi connectivity index (χ2v) is 7.09. The second kappa shape index (κ2) is 9.05. The molecular formula is C20H16F2INO4. The average molecular weight is 499 g/mol. The maximum absolute atomic E-state index is 12.6. The Hall–Kier alpha value is -2.62. The van der Waals surface area contributed by atoms with Gasteiger partial charge in [0.15, 0.2) is 5.76 Å². The number of anilines is 1. The van der Waals surface area contributed by atoms with Gasteiger partial charge in [-0.25, -0.2) is 0 Å². The molecule has 28 heavy (non-hydrogen) atoms. The number of aryl methyl sites for hydroxylation is 1. The van der Waals surface area contributed by atoms with Crippen molar-refractivity contribution in [2.45, 2.75) is 20.1 Å². The molecule has 0 atom stereocenters. The van der Waals surface area contributed by atoms with Gasteiger partial charge >= 0.3 is 6.61 Å². The zero-order valence-corrected chi connectivity index (χ0v) is 16.9. The molecule has 0 bridgehead atoms. The summed E-state index contributed by atoms with van der Waals surface area (Å²) in [5, 5.41) is 2.52. The number of carbonyl (C=O) groups excluding carboxylic acids is 1. The van der Waals surface area contributed by atoms with E-state index in [1.54, 1.807) is 19.1 Å². The molecule has 2 aromatic carbocycles. The monoisotopic (exact) mass is 499 g/mol. The van der Waals surface area contributed by atoms with Crippen molar-refractivity contribution in [2.24, 2.45) is 0 Å². The van der Waals surface area contributed by atoms with Gasteiger partial charge in [-0.05, 0) is 83.6 Å². The van der Waals surface area contributed by atoms with Gasteiger partial charge in [0.1, 0.15) is 23.9 Å². The first-order chi connectivity index (χ1) is 13.4. The third-order valence-electron chi connectivity index (χ3n) is 3.68. The first-order valence-electron chi connectivity index (χ1n) is 8.24. The van der Waals surface area contributed by atoms with E-state index in [4.69, 9.17) is 9.15 Å². The number of benzene rings is 2. The van der Waals surface area contributed by atoms with Crippen molar-refractivity contribution in [1.29, 1.82) is 0 Å². The maximum Gasteiger partial charge on any atom is 0.387 e. The fraction of sp³-hybridized carbons (Fsp3) is 0.150. The molecular weight excluding hydrogens is 483 g/mol. The SMILES string of the molecule is Cc1ccc(NC(=O)c2ccc(COc3ccc(I)cc3)o2)c(OC(F)F)c1. The number of amides is 1. The van der Waals surface area contributed by atoms with Crippen molar-refractivity contribution in [2.75, 3.05) is 5.32 Å². The molecule has 0 spiro atoms. The van der Waals surface area contributed by atoms with Crippen LogP contribution < -0.4 is 14.8 Å². The Bertz CT molecular complexity index is 957. The first kappa shape index (κ1) is 20.1. The summed E-state index contributed by atoms with van der Waals surface area (Å²) in [5.41, 5.74) is 0.852. The van der Waals surface area contributed by atoms with Crippen LogP contribution in [0.1, 0.15) is 21.9 Å². The Balaban J connectivity index is 1.65.